The molecule has 1 amide bonds. The molecule has 0 aliphatic carbocycles. The van der Waals surface area contributed by atoms with E-state index in [1.165, 1.54) is 4.31 Å². The van der Waals surface area contributed by atoms with E-state index in [2.05, 4.69) is 0 Å². The van der Waals surface area contributed by atoms with Crippen LogP contribution in [0.5, 0.6) is 5.75 Å². The van der Waals surface area contributed by atoms with Gasteiger partial charge in [-0.2, -0.15) is 4.31 Å². The number of rotatable bonds is 7. The minimum absolute atomic E-state index is 0.0462. The van der Waals surface area contributed by atoms with Crippen molar-refractivity contribution in [3.63, 3.8) is 0 Å². The highest BCUT2D eigenvalue weighted by Crippen LogP contribution is 2.20. The molecule has 0 aromatic heterocycles. The van der Waals surface area contributed by atoms with Gasteiger partial charge in [0.15, 0.2) is 0 Å². The lowest BCUT2D eigenvalue weighted by molar-refractivity contribution is -0.132. The Morgan fingerprint density at radius 3 is 2.31 bits per heavy atom. The summed E-state index contributed by atoms with van der Waals surface area (Å²) < 4.78 is 32.8. The standard InChI is InChI=1S/C22H28N2O4S/c1-18-10-11-21(17-19(18)2)29(26,27)24-14-12-23(13-15-24)22(25)9-6-16-28-20-7-4-3-5-8-20/h3-5,7-8,10-11,17H,6,9,12-16H2,1-2H3. The molecule has 0 unspecified atom stereocenters. The molecule has 1 heterocycles. The lowest BCUT2D eigenvalue weighted by Crippen LogP contribution is -2.50. The van der Waals surface area contributed by atoms with Gasteiger partial charge in [-0.15, -0.1) is 0 Å². The number of carbonyl (C=O) groups is 1. The smallest absolute Gasteiger partial charge is 0.243 e. The summed E-state index contributed by atoms with van der Waals surface area (Å²) in [4.78, 5) is 14.5. The van der Waals surface area contributed by atoms with Crippen molar-refractivity contribution < 1.29 is 17.9 Å². The van der Waals surface area contributed by atoms with Gasteiger partial charge in [-0.25, -0.2) is 8.42 Å². The summed E-state index contributed by atoms with van der Waals surface area (Å²) >= 11 is 0. The molecule has 1 aliphatic heterocycles. The zero-order valence-corrected chi connectivity index (χ0v) is 17.8. The van der Waals surface area contributed by atoms with Crippen LogP contribution in [-0.4, -0.2) is 56.3 Å². The molecule has 29 heavy (non-hydrogen) atoms. The summed E-state index contributed by atoms with van der Waals surface area (Å²) in [6.45, 7) is 5.83. The number of hydrogen-bond acceptors (Lipinski definition) is 4. The number of amides is 1. The van der Waals surface area contributed by atoms with Gasteiger partial charge in [0.1, 0.15) is 5.75 Å². The van der Waals surface area contributed by atoms with Crippen molar-refractivity contribution in [3.05, 3.63) is 59.7 Å². The molecule has 7 heteroatoms. The third kappa shape index (κ3) is 5.36. The Bertz CT molecular complexity index is 937. The van der Waals surface area contributed by atoms with E-state index in [0.29, 0.717) is 50.5 Å². The fraction of sp³-hybridized carbons (Fsp3) is 0.409. The van der Waals surface area contributed by atoms with Gasteiger partial charge < -0.3 is 9.64 Å². The monoisotopic (exact) mass is 416 g/mol. The van der Waals surface area contributed by atoms with Gasteiger partial charge in [-0.05, 0) is 55.7 Å². The molecule has 1 fully saturated rings. The van der Waals surface area contributed by atoms with Crippen LogP contribution in [0.2, 0.25) is 0 Å². The Morgan fingerprint density at radius 2 is 1.66 bits per heavy atom. The van der Waals surface area contributed by atoms with Crippen molar-refractivity contribution in [3.8, 4) is 5.75 Å². The molecular weight excluding hydrogens is 388 g/mol. The maximum Gasteiger partial charge on any atom is 0.243 e. The molecule has 0 saturated carbocycles. The lowest BCUT2D eigenvalue weighted by Gasteiger charge is -2.34. The van der Waals surface area contributed by atoms with Crippen LogP contribution in [0.15, 0.2) is 53.4 Å². The van der Waals surface area contributed by atoms with Crippen LogP contribution >= 0.6 is 0 Å². The first-order valence-corrected chi connectivity index (χ1v) is 11.3. The Balaban J connectivity index is 1.46. The topological polar surface area (TPSA) is 66.9 Å². The largest absolute Gasteiger partial charge is 0.494 e. The average molecular weight is 417 g/mol. The van der Waals surface area contributed by atoms with Gasteiger partial charge in [0.2, 0.25) is 15.9 Å². The first-order valence-electron chi connectivity index (χ1n) is 9.91. The number of benzene rings is 2. The predicted octanol–water partition coefficient (Wildman–Crippen LogP) is 3.00. The highest BCUT2D eigenvalue weighted by atomic mass is 32.2. The van der Waals surface area contributed by atoms with E-state index in [1.54, 1.807) is 17.0 Å². The molecule has 0 radical (unpaired) electrons. The van der Waals surface area contributed by atoms with Crippen LogP contribution in [0, 0.1) is 13.8 Å². The van der Waals surface area contributed by atoms with Gasteiger partial charge in [0.05, 0.1) is 11.5 Å². The number of para-hydroxylation sites is 1. The fourth-order valence-corrected chi connectivity index (χ4v) is 4.80. The Morgan fingerprint density at radius 1 is 0.966 bits per heavy atom. The van der Waals surface area contributed by atoms with Crippen LogP contribution < -0.4 is 4.74 Å². The molecule has 156 valence electrons. The quantitative estimate of drug-likeness (QED) is 0.651. The molecule has 1 saturated heterocycles. The Kier molecular flexibility index (Phi) is 6.92. The van der Waals surface area contributed by atoms with Gasteiger partial charge >= 0.3 is 0 Å². The van der Waals surface area contributed by atoms with E-state index in [-0.39, 0.29) is 5.91 Å². The number of sulfonamides is 1. The SMILES string of the molecule is Cc1ccc(S(=O)(=O)N2CCN(C(=O)CCCOc3ccccc3)CC2)cc1C. The zero-order chi connectivity index (χ0) is 20.9. The minimum atomic E-state index is -3.53. The lowest BCUT2D eigenvalue weighted by atomic mass is 10.1. The number of hydrogen-bond donors (Lipinski definition) is 0. The van der Waals surface area contributed by atoms with Crippen molar-refractivity contribution in [1.29, 1.82) is 0 Å². The van der Waals surface area contributed by atoms with Crippen LogP contribution in [-0.2, 0) is 14.8 Å². The third-order valence-corrected chi connectivity index (χ3v) is 7.15. The molecule has 0 spiro atoms. The Labute approximate surface area is 173 Å². The van der Waals surface area contributed by atoms with Gasteiger partial charge in [-0.3, -0.25) is 4.79 Å². The number of aryl methyl sites for hydroxylation is 2. The third-order valence-electron chi connectivity index (χ3n) is 5.25. The molecule has 2 aromatic rings. The second-order valence-corrected chi connectivity index (χ2v) is 9.23. The number of carbonyl (C=O) groups excluding carboxylic acids is 1. The maximum absolute atomic E-state index is 12.9. The average Bonchev–Trinajstić information content (AvgIpc) is 2.74. The summed E-state index contributed by atoms with van der Waals surface area (Å²) in [5, 5.41) is 0. The summed E-state index contributed by atoms with van der Waals surface area (Å²) in [5.41, 5.74) is 2.02. The molecule has 0 atom stereocenters. The van der Waals surface area contributed by atoms with Crippen molar-refractivity contribution in [1.82, 2.24) is 9.21 Å². The van der Waals surface area contributed by atoms with Crippen LogP contribution in [0.1, 0.15) is 24.0 Å². The van der Waals surface area contributed by atoms with Gasteiger partial charge in [-0.1, -0.05) is 24.3 Å². The summed E-state index contributed by atoms with van der Waals surface area (Å²) in [6, 6.07) is 14.7. The molecule has 6 nitrogen and oxygen atoms in total. The minimum Gasteiger partial charge on any atom is -0.494 e. The molecule has 1 aliphatic rings. The summed E-state index contributed by atoms with van der Waals surface area (Å²) in [6.07, 6.45) is 1.03. The zero-order valence-electron chi connectivity index (χ0n) is 17.0. The van der Waals surface area contributed by atoms with Crippen molar-refractivity contribution in [2.45, 2.75) is 31.6 Å². The van der Waals surface area contributed by atoms with E-state index in [4.69, 9.17) is 4.74 Å². The van der Waals surface area contributed by atoms with E-state index in [9.17, 15) is 13.2 Å². The van der Waals surface area contributed by atoms with E-state index in [1.807, 2.05) is 50.2 Å². The van der Waals surface area contributed by atoms with Crippen molar-refractivity contribution in [2.75, 3.05) is 32.8 Å². The fourth-order valence-electron chi connectivity index (χ4n) is 3.29. The van der Waals surface area contributed by atoms with Crippen LogP contribution in [0.25, 0.3) is 0 Å². The van der Waals surface area contributed by atoms with Crippen molar-refractivity contribution in [2.24, 2.45) is 0 Å². The van der Waals surface area contributed by atoms with E-state index >= 15 is 0 Å². The first kappa shape index (κ1) is 21.3. The normalized spacial score (nSPS) is 15.3. The summed E-state index contributed by atoms with van der Waals surface area (Å²) in [5.74, 6) is 0.843. The number of ether oxygens (including phenoxy) is 1. The summed E-state index contributed by atoms with van der Waals surface area (Å²) in [7, 11) is -3.53. The van der Waals surface area contributed by atoms with E-state index < -0.39 is 10.0 Å². The van der Waals surface area contributed by atoms with Gasteiger partial charge in [0, 0.05) is 32.6 Å². The second-order valence-electron chi connectivity index (χ2n) is 7.30. The molecule has 0 N–H and O–H groups in total. The number of nitrogens with zero attached hydrogens (tertiary/aromatic N) is 2. The van der Waals surface area contributed by atoms with Crippen LogP contribution in [0.4, 0.5) is 0 Å². The molecule has 2 aromatic carbocycles. The number of piperazine rings is 1. The molecule has 0 bridgehead atoms. The highest BCUT2D eigenvalue weighted by molar-refractivity contribution is 7.89. The van der Waals surface area contributed by atoms with Crippen LogP contribution in [0.3, 0.4) is 0 Å². The van der Waals surface area contributed by atoms with E-state index in [0.717, 1.165) is 16.9 Å². The Hall–Kier alpha value is -2.38. The van der Waals surface area contributed by atoms with Crippen molar-refractivity contribution >= 4 is 15.9 Å². The highest BCUT2D eigenvalue weighted by Gasteiger charge is 2.30. The predicted molar refractivity (Wildman–Crippen MR) is 112 cm³/mol. The molecule has 3 rings (SSSR count). The first-order chi connectivity index (χ1) is 13.9. The maximum atomic E-state index is 12.9. The molecular formula is C22H28N2O4S. The second kappa shape index (κ2) is 9.41. The van der Waals surface area contributed by atoms with Gasteiger partial charge in [0.25, 0.3) is 0 Å².